The molecule has 27 heavy (non-hydrogen) atoms. The Bertz CT molecular complexity index is 1300. The minimum Gasteiger partial charge on any atom is -0.464 e. The number of nitrogens with one attached hydrogen (secondary N) is 2. The molecule has 0 radical (unpaired) electrons. The molecular formula is C22H15N3O2. The average molecular weight is 353 g/mol. The number of aromatic amines is 1. The topological polar surface area (TPSA) is 70.9 Å². The van der Waals surface area contributed by atoms with Crippen LogP contribution in [-0.4, -0.2) is 9.97 Å². The summed E-state index contributed by atoms with van der Waals surface area (Å²) in [5.74, 6) is 0.833. The van der Waals surface area contributed by atoms with E-state index < -0.39 is 0 Å². The molecule has 0 aliphatic heterocycles. The summed E-state index contributed by atoms with van der Waals surface area (Å²) in [4.78, 5) is 19.5. The lowest BCUT2D eigenvalue weighted by Gasteiger charge is -2.11. The van der Waals surface area contributed by atoms with E-state index in [0.29, 0.717) is 11.0 Å². The highest BCUT2D eigenvalue weighted by atomic mass is 16.3. The molecule has 0 aliphatic carbocycles. The van der Waals surface area contributed by atoms with Gasteiger partial charge < -0.3 is 14.7 Å². The monoisotopic (exact) mass is 353 g/mol. The van der Waals surface area contributed by atoms with E-state index in [4.69, 9.17) is 4.42 Å². The molecule has 3 heterocycles. The fraction of sp³-hybridized carbons (Fsp3) is 0. The lowest BCUT2D eigenvalue weighted by atomic mass is 10.1. The summed E-state index contributed by atoms with van der Waals surface area (Å²) < 4.78 is 5.43. The van der Waals surface area contributed by atoms with Crippen LogP contribution in [0.15, 0.2) is 88.4 Å². The largest absolute Gasteiger partial charge is 0.464 e. The molecule has 0 unspecified atom stereocenters. The molecule has 130 valence electrons. The Morgan fingerprint density at radius 3 is 2.48 bits per heavy atom. The van der Waals surface area contributed by atoms with Crippen LogP contribution >= 0.6 is 0 Å². The van der Waals surface area contributed by atoms with Crippen molar-refractivity contribution in [2.75, 3.05) is 5.32 Å². The van der Waals surface area contributed by atoms with Crippen LogP contribution in [0.25, 0.3) is 33.1 Å². The fourth-order valence-corrected chi connectivity index (χ4v) is 3.32. The molecular weight excluding hydrogens is 338 g/mol. The Morgan fingerprint density at radius 1 is 0.889 bits per heavy atom. The molecule has 5 aromatic rings. The van der Waals surface area contributed by atoms with Crippen LogP contribution in [0.4, 0.5) is 11.4 Å². The van der Waals surface area contributed by atoms with Crippen molar-refractivity contribution >= 4 is 33.2 Å². The predicted molar refractivity (Wildman–Crippen MR) is 107 cm³/mol. The highest BCUT2D eigenvalue weighted by molar-refractivity contribution is 6.10. The van der Waals surface area contributed by atoms with Gasteiger partial charge in [-0.25, -0.2) is 4.98 Å². The lowest BCUT2D eigenvalue weighted by Crippen LogP contribution is -2.08. The van der Waals surface area contributed by atoms with E-state index in [2.05, 4.69) is 15.3 Å². The van der Waals surface area contributed by atoms with Gasteiger partial charge in [-0.1, -0.05) is 18.2 Å². The Labute approximate surface area is 154 Å². The Balaban J connectivity index is 1.61. The van der Waals surface area contributed by atoms with Gasteiger partial charge in [0.15, 0.2) is 0 Å². The molecule has 0 bridgehead atoms. The molecule has 2 aromatic carbocycles. The number of hydrogen-bond acceptors (Lipinski definition) is 4. The number of H-pyrrole nitrogens is 1. The van der Waals surface area contributed by atoms with Gasteiger partial charge in [-0.05, 0) is 48.5 Å². The second-order valence-corrected chi connectivity index (χ2v) is 6.26. The summed E-state index contributed by atoms with van der Waals surface area (Å²) in [6.07, 6.45) is 3.35. The number of furan rings is 1. The standard InChI is InChI=1S/C22H15N3O2/c26-22-17-5-2-1-4-16(17)20-18(11-12-23-21(20)25-22)24-15-9-7-14(8-10-15)19-6-3-13-27-19/h1-13H,(H2,23,24,25,26). The van der Waals surface area contributed by atoms with Crippen molar-refractivity contribution in [2.24, 2.45) is 0 Å². The third kappa shape index (κ3) is 2.66. The molecule has 0 aliphatic rings. The zero-order valence-corrected chi connectivity index (χ0v) is 14.3. The first-order chi connectivity index (χ1) is 13.3. The Kier molecular flexibility index (Phi) is 3.50. The van der Waals surface area contributed by atoms with Crippen LogP contribution in [0.1, 0.15) is 0 Å². The average Bonchev–Trinajstić information content (AvgIpc) is 3.24. The van der Waals surface area contributed by atoms with E-state index in [9.17, 15) is 4.79 Å². The highest BCUT2D eigenvalue weighted by Crippen LogP contribution is 2.30. The summed E-state index contributed by atoms with van der Waals surface area (Å²) in [5, 5.41) is 5.85. The van der Waals surface area contributed by atoms with Crippen molar-refractivity contribution < 1.29 is 4.42 Å². The molecule has 0 amide bonds. The van der Waals surface area contributed by atoms with Crippen LogP contribution in [0.3, 0.4) is 0 Å². The fourth-order valence-electron chi connectivity index (χ4n) is 3.32. The summed E-state index contributed by atoms with van der Waals surface area (Å²) in [6, 6.07) is 21.3. The van der Waals surface area contributed by atoms with Crippen LogP contribution in [0.5, 0.6) is 0 Å². The number of hydrogen-bond donors (Lipinski definition) is 2. The van der Waals surface area contributed by atoms with E-state index in [1.807, 2.05) is 66.7 Å². The maximum atomic E-state index is 12.3. The van der Waals surface area contributed by atoms with Gasteiger partial charge >= 0.3 is 0 Å². The van der Waals surface area contributed by atoms with Crippen LogP contribution < -0.4 is 10.9 Å². The molecule has 0 spiro atoms. The number of anilines is 2. The molecule has 0 atom stereocenters. The summed E-state index contributed by atoms with van der Waals surface area (Å²) >= 11 is 0. The number of rotatable bonds is 3. The number of pyridine rings is 2. The van der Waals surface area contributed by atoms with Crippen molar-refractivity contribution in [3.8, 4) is 11.3 Å². The highest BCUT2D eigenvalue weighted by Gasteiger charge is 2.10. The molecule has 5 nitrogen and oxygen atoms in total. The van der Waals surface area contributed by atoms with Gasteiger partial charge in [0.25, 0.3) is 5.56 Å². The zero-order valence-electron chi connectivity index (χ0n) is 14.3. The number of aromatic nitrogens is 2. The van der Waals surface area contributed by atoms with E-state index in [0.717, 1.165) is 33.5 Å². The Morgan fingerprint density at radius 2 is 1.70 bits per heavy atom. The first-order valence-corrected chi connectivity index (χ1v) is 8.60. The minimum atomic E-state index is -0.134. The lowest BCUT2D eigenvalue weighted by molar-refractivity contribution is 0.582. The number of fused-ring (bicyclic) bond motifs is 3. The van der Waals surface area contributed by atoms with Crippen molar-refractivity contribution in [1.29, 1.82) is 0 Å². The molecule has 3 aromatic heterocycles. The van der Waals surface area contributed by atoms with E-state index in [-0.39, 0.29) is 5.56 Å². The van der Waals surface area contributed by atoms with Crippen LogP contribution in [0, 0.1) is 0 Å². The van der Waals surface area contributed by atoms with Gasteiger partial charge in [0.05, 0.1) is 12.0 Å². The molecule has 0 saturated carbocycles. The minimum absolute atomic E-state index is 0.134. The van der Waals surface area contributed by atoms with Gasteiger partial charge in [-0.3, -0.25) is 4.79 Å². The molecule has 0 fully saturated rings. The first-order valence-electron chi connectivity index (χ1n) is 8.60. The molecule has 2 N–H and O–H groups in total. The SMILES string of the molecule is O=c1[nH]c2nccc(Nc3ccc(-c4ccco4)cc3)c2c2ccccc12. The number of benzene rings is 2. The van der Waals surface area contributed by atoms with E-state index in [1.165, 1.54) is 0 Å². The normalized spacial score (nSPS) is 11.1. The molecule has 5 rings (SSSR count). The first kappa shape index (κ1) is 15.4. The smallest absolute Gasteiger partial charge is 0.257 e. The summed E-state index contributed by atoms with van der Waals surface area (Å²) in [5.41, 5.74) is 3.27. The van der Waals surface area contributed by atoms with Gasteiger partial charge in [0.1, 0.15) is 11.4 Å². The van der Waals surface area contributed by atoms with Gasteiger partial charge in [0.2, 0.25) is 0 Å². The summed E-state index contributed by atoms with van der Waals surface area (Å²) in [7, 11) is 0. The Hall–Kier alpha value is -3.86. The predicted octanol–water partition coefficient (Wildman–Crippen LogP) is 5.08. The van der Waals surface area contributed by atoms with Crippen molar-refractivity contribution in [3.05, 3.63) is 89.5 Å². The number of nitrogens with zero attached hydrogens (tertiary/aromatic N) is 1. The molecule has 0 saturated heterocycles. The van der Waals surface area contributed by atoms with Crippen molar-refractivity contribution in [1.82, 2.24) is 9.97 Å². The van der Waals surface area contributed by atoms with Crippen molar-refractivity contribution in [3.63, 3.8) is 0 Å². The maximum absolute atomic E-state index is 12.3. The van der Waals surface area contributed by atoms with Crippen molar-refractivity contribution in [2.45, 2.75) is 0 Å². The van der Waals surface area contributed by atoms with Gasteiger partial charge in [-0.2, -0.15) is 0 Å². The second-order valence-electron chi connectivity index (χ2n) is 6.26. The van der Waals surface area contributed by atoms with Crippen LogP contribution in [-0.2, 0) is 0 Å². The van der Waals surface area contributed by atoms with E-state index >= 15 is 0 Å². The quantitative estimate of drug-likeness (QED) is 0.444. The second kappa shape index (κ2) is 6.14. The van der Waals surface area contributed by atoms with Crippen LogP contribution in [0.2, 0.25) is 0 Å². The third-order valence-corrected chi connectivity index (χ3v) is 4.59. The van der Waals surface area contributed by atoms with Gasteiger partial charge in [-0.15, -0.1) is 0 Å². The van der Waals surface area contributed by atoms with Gasteiger partial charge in [0, 0.05) is 33.6 Å². The summed E-state index contributed by atoms with van der Waals surface area (Å²) in [6.45, 7) is 0. The zero-order chi connectivity index (χ0) is 18.2. The maximum Gasteiger partial charge on any atom is 0.257 e. The third-order valence-electron chi connectivity index (χ3n) is 4.59. The molecule has 5 heteroatoms. The van der Waals surface area contributed by atoms with E-state index in [1.54, 1.807) is 12.5 Å².